The SMILES string of the molecule is CCn1cc(Br)cc1C(=O)Nc1cc(Cl)c(Cl)cc1Cl. The lowest BCUT2D eigenvalue weighted by Crippen LogP contribution is -2.16. The number of nitrogens with one attached hydrogen (secondary N) is 1. The van der Waals surface area contributed by atoms with Crippen molar-refractivity contribution in [2.45, 2.75) is 13.5 Å². The maximum Gasteiger partial charge on any atom is 0.272 e. The molecule has 2 rings (SSSR count). The van der Waals surface area contributed by atoms with Gasteiger partial charge in [0.05, 0.1) is 20.8 Å². The van der Waals surface area contributed by atoms with Crippen LogP contribution in [0.4, 0.5) is 5.69 Å². The van der Waals surface area contributed by atoms with Gasteiger partial charge in [0.2, 0.25) is 0 Å². The van der Waals surface area contributed by atoms with Crippen molar-refractivity contribution in [2.24, 2.45) is 0 Å². The first kappa shape index (κ1) is 15.7. The molecule has 1 N–H and O–H groups in total. The van der Waals surface area contributed by atoms with Gasteiger partial charge in [-0.1, -0.05) is 34.8 Å². The third kappa shape index (κ3) is 3.31. The smallest absolute Gasteiger partial charge is 0.272 e. The monoisotopic (exact) mass is 394 g/mol. The summed E-state index contributed by atoms with van der Waals surface area (Å²) in [5, 5.41) is 3.74. The summed E-state index contributed by atoms with van der Waals surface area (Å²) in [5.74, 6) is -0.266. The highest BCUT2D eigenvalue weighted by atomic mass is 79.9. The molecule has 1 aromatic heterocycles. The van der Waals surface area contributed by atoms with Crippen LogP contribution in [0.2, 0.25) is 15.1 Å². The summed E-state index contributed by atoms with van der Waals surface area (Å²) >= 11 is 21.2. The van der Waals surface area contributed by atoms with Gasteiger partial charge in [0, 0.05) is 17.2 Å². The first-order valence-corrected chi connectivity index (χ1v) is 7.66. The number of halogens is 4. The van der Waals surface area contributed by atoms with E-state index in [2.05, 4.69) is 21.2 Å². The Bertz CT molecular complexity index is 670. The molecule has 0 aliphatic heterocycles. The van der Waals surface area contributed by atoms with Gasteiger partial charge < -0.3 is 9.88 Å². The molecule has 0 saturated heterocycles. The van der Waals surface area contributed by atoms with Crippen LogP contribution in [-0.2, 0) is 6.54 Å². The van der Waals surface area contributed by atoms with Crippen LogP contribution in [0, 0.1) is 0 Å². The summed E-state index contributed by atoms with van der Waals surface area (Å²) in [7, 11) is 0. The maximum absolute atomic E-state index is 12.3. The van der Waals surface area contributed by atoms with Gasteiger partial charge in [0.1, 0.15) is 5.69 Å². The van der Waals surface area contributed by atoms with Gasteiger partial charge in [-0.05, 0) is 41.1 Å². The summed E-state index contributed by atoms with van der Waals surface area (Å²) in [6.07, 6.45) is 1.84. The quantitative estimate of drug-likeness (QED) is 0.685. The predicted molar refractivity (Wildman–Crippen MR) is 87.2 cm³/mol. The number of nitrogens with zero attached hydrogens (tertiary/aromatic N) is 1. The van der Waals surface area contributed by atoms with E-state index in [0.29, 0.717) is 33.0 Å². The number of carbonyl (C=O) groups excluding carboxylic acids is 1. The number of aryl methyl sites for hydroxylation is 1. The van der Waals surface area contributed by atoms with Crippen molar-refractivity contribution < 1.29 is 4.79 Å². The molecule has 0 atom stereocenters. The highest BCUT2D eigenvalue weighted by molar-refractivity contribution is 9.10. The Hall–Kier alpha value is -0.680. The standard InChI is InChI=1S/C13H10BrCl3N2O/c1-2-19-6-7(14)3-12(19)13(20)18-11-5-9(16)8(15)4-10(11)17/h3-6H,2H2,1H3,(H,18,20). The molecular formula is C13H10BrCl3N2O. The van der Waals surface area contributed by atoms with Crippen molar-refractivity contribution in [3.8, 4) is 0 Å². The lowest BCUT2D eigenvalue weighted by molar-refractivity contribution is 0.101. The van der Waals surface area contributed by atoms with Crippen molar-refractivity contribution in [1.29, 1.82) is 0 Å². The Morgan fingerprint density at radius 1 is 1.20 bits per heavy atom. The van der Waals surface area contributed by atoms with E-state index in [1.807, 2.05) is 17.7 Å². The fraction of sp³-hybridized carbons (Fsp3) is 0.154. The zero-order valence-corrected chi connectivity index (χ0v) is 14.2. The van der Waals surface area contributed by atoms with E-state index in [4.69, 9.17) is 34.8 Å². The molecule has 0 spiro atoms. The van der Waals surface area contributed by atoms with E-state index < -0.39 is 0 Å². The first-order valence-electron chi connectivity index (χ1n) is 5.74. The second-order valence-corrected chi connectivity index (χ2v) is 6.17. The molecule has 20 heavy (non-hydrogen) atoms. The van der Waals surface area contributed by atoms with Gasteiger partial charge in [0.15, 0.2) is 0 Å². The van der Waals surface area contributed by atoms with Crippen LogP contribution >= 0.6 is 50.7 Å². The van der Waals surface area contributed by atoms with Crippen molar-refractivity contribution >= 4 is 62.3 Å². The molecule has 2 aromatic rings. The highest BCUT2D eigenvalue weighted by Crippen LogP contribution is 2.32. The van der Waals surface area contributed by atoms with Crippen LogP contribution in [-0.4, -0.2) is 10.5 Å². The zero-order valence-electron chi connectivity index (χ0n) is 10.4. The van der Waals surface area contributed by atoms with Gasteiger partial charge in [-0.15, -0.1) is 0 Å². The molecular weight excluding hydrogens is 386 g/mol. The number of carbonyl (C=O) groups is 1. The van der Waals surface area contributed by atoms with Crippen LogP contribution in [0.5, 0.6) is 0 Å². The summed E-state index contributed by atoms with van der Waals surface area (Å²) in [5.41, 5.74) is 0.951. The van der Waals surface area contributed by atoms with E-state index in [1.54, 1.807) is 6.07 Å². The minimum Gasteiger partial charge on any atom is -0.343 e. The van der Waals surface area contributed by atoms with Crippen molar-refractivity contribution in [2.75, 3.05) is 5.32 Å². The van der Waals surface area contributed by atoms with Crippen LogP contribution in [0.25, 0.3) is 0 Å². The van der Waals surface area contributed by atoms with E-state index in [-0.39, 0.29) is 5.91 Å². The Balaban J connectivity index is 2.30. The Labute approximate surface area is 139 Å². The second kappa shape index (κ2) is 6.39. The molecule has 1 aromatic carbocycles. The minimum atomic E-state index is -0.266. The summed E-state index contributed by atoms with van der Waals surface area (Å²) in [6.45, 7) is 2.64. The summed E-state index contributed by atoms with van der Waals surface area (Å²) < 4.78 is 2.66. The maximum atomic E-state index is 12.3. The summed E-state index contributed by atoms with van der Waals surface area (Å²) in [6, 6.07) is 4.76. The molecule has 1 heterocycles. The number of rotatable bonds is 3. The fourth-order valence-corrected chi connectivity index (χ4v) is 2.79. The fourth-order valence-electron chi connectivity index (χ4n) is 1.73. The molecule has 106 valence electrons. The molecule has 0 aliphatic carbocycles. The molecule has 0 unspecified atom stereocenters. The largest absolute Gasteiger partial charge is 0.343 e. The van der Waals surface area contributed by atoms with Crippen LogP contribution < -0.4 is 5.32 Å². The molecule has 0 bridgehead atoms. The lowest BCUT2D eigenvalue weighted by Gasteiger charge is -2.10. The number of aromatic nitrogens is 1. The average Bonchev–Trinajstić information content (AvgIpc) is 2.77. The molecule has 7 heteroatoms. The molecule has 0 aliphatic rings. The average molecular weight is 396 g/mol. The highest BCUT2D eigenvalue weighted by Gasteiger charge is 2.15. The van der Waals surface area contributed by atoms with Crippen LogP contribution in [0.15, 0.2) is 28.9 Å². The second-order valence-electron chi connectivity index (χ2n) is 4.03. The van der Waals surface area contributed by atoms with Gasteiger partial charge >= 0.3 is 0 Å². The topological polar surface area (TPSA) is 34.0 Å². The van der Waals surface area contributed by atoms with Gasteiger partial charge in [-0.25, -0.2) is 0 Å². The minimum absolute atomic E-state index is 0.266. The van der Waals surface area contributed by atoms with Gasteiger partial charge in [-0.3, -0.25) is 4.79 Å². The van der Waals surface area contributed by atoms with E-state index >= 15 is 0 Å². The lowest BCUT2D eigenvalue weighted by atomic mass is 10.3. The van der Waals surface area contributed by atoms with E-state index in [0.717, 1.165) is 4.47 Å². The van der Waals surface area contributed by atoms with E-state index in [1.165, 1.54) is 12.1 Å². The molecule has 1 amide bonds. The normalized spacial score (nSPS) is 10.7. The third-order valence-corrected chi connectivity index (χ3v) is 4.16. The number of hydrogen-bond donors (Lipinski definition) is 1. The predicted octanol–water partition coefficient (Wildman–Crippen LogP) is 5.48. The summed E-state index contributed by atoms with van der Waals surface area (Å²) in [4.78, 5) is 12.3. The van der Waals surface area contributed by atoms with Crippen molar-refractivity contribution in [1.82, 2.24) is 4.57 Å². The number of benzene rings is 1. The van der Waals surface area contributed by atoms with Gasteiger partial charge in [-0.2, -0.15) is 0 Å². The van der Waals surface area contributed by atoms with Crippen molar-refractivity contribution in [3.63, 3.8) is 0 Å². The molecule has 3 nitrogen and oxygen atoms in total. The number of anilines is 1. The molecule has 0 radical (unpaired) electrons. The number of amides is 1. The third-order valence-electron chi connectivity index (χ3n) is 2.69. The Kier molecular flexibility index (Phi) is 5.02. The number of hydrogen-bond acceptors (Lipinski definition) is 1. The van der Waals surface area contributed by atoms with Gasteiger partial charge in [0.25, 0.3) is 5.91 Å². The Morgan fingerprint density at radius 2 is 1.85 bits per heavy atom. The zero-order chi connectivity index (χ0) is 14.9. The van der Waals surface area contributed by atoms with Crippen LogP contribution in [0.3, 0.4) is 0 Å². The Morgan fingerprint density at radius 3 is 2.50 bits per heavy atom. The van der Waals surface area contributed by atoms with Crippen molar-refractivity contribution in [3.05, 3.63) is 49.6 Å². The van der Waals surface area contributed by atoms with Crippen LogP contribution in [0.1, 0.15) is 17.4 Å². The molecule has 0 fully saturated rings. The van der Waals surface area contributed by atoms with E-state index in [9.17, 15) is 4.79 Å². The molecule has 0 saturated carbocycles. The first-order chi connectivity index (χ1) is 9.42.